The second-order valence-corrected chi connectivity index (χ2v) is 4.07. The third kappa shape index (κ3) is 6.16. The number of nitrogens with zero attached hydrogens (tertiary/aromatic N) is 1. The normalized spacial score (nSPS) is 14.9. The van der Waals surface area contributed by atoms with E-state index < -0.39 is 0 Å². The van der Waals surface area contributed by atoms with Gasteiger partial charge >= 0.3 is 0 Å². The van der Waals surface area contributed by atoms with Gasteiger partial charge in [-0.15, -0.1) is 0 Å². The summed E-state index contributed by atoms with van der Waals surface area (Å²) >= 11 is 0. The first-order valence-corrected chi connectivity index (χ1v) is 6.22. The van der Waals surface area contributed by atoms with Gasteiger partial charge in [0.05, 0.1) is 26.3 Å². The molecule has 1 heterocycles. The summed E-state index contributed by atoms with van der Waals surface area (Å²) in [6, 6.07) is 0. The lowest BCUT2D eigenvalue weighted by Crippen LogP contribution is -2.43. The van der Waals surface area contributed by atoms with E-state index in [4.69, 9.17) is 10.5 Å². The topological polar surface area (TPSA) is 114 Å². The smallest absolute Gasteiger partial charge is 0.239 e. The molecule has 0 unspecified atom stereocenters. The van der Waals surface area contributed by atoms with Crippen molar-refractivity contribution in [2.75, 3.05) is 45.9 Å². The van der Waals surface area contributed by atoms with Gasteiger partial charge in [-0.3, -0.25) is 14.4 Å². The van der Waals surface area contributed by atoms with Crippen molar-refractivity contribution in [1.82, 2.24) is 15.5 Å². The minimum absolute atomic E-state index is 0.00501. The van der Waals surface area contributed by atoms with Crippen LogP contribution in [0.4, 0.5) is 0 Å². The Morgan fingerprint density at radius 2 is 1.79 bits per heavy atom. The highest BCUT2D eigenvalue weighted by molar-refractivity contribution is 5.85. The third-order valence-corrected chi connectivity index (χ3v) is 2.66. The molecule has 1 saturated heterocycles. The Labute approximate surface area is 111 Å². The first kappa shape index (κ1) is 15.4. The number of ether oxygens (including phenoxy) is 1. The van der Waals surface area contributed by atoms with E-state index in [1.165, 1.54) is 0 Å². The third-order valence-electron chi connectivity index (χ3n) is 2.66. The molecule has 1 aliphatic rings. The summed E-state index contributed by atoms with van der Waals surface area (Å²) in [4.78, 5) is 35.6. The Bertz CT molecular complexity index is 329. The quantitative estimate of drug-likeness (QED) is 0.491. The summed E-state index contributed by atoms with van der Waals surface area (Å²) in [5.74, 6) is -0.731. The van der Waals surface area contributed by atoms with Crippen LogP contribution >= 0.6 is 0 Å². The fraction of sp³-hybridized carbons (Fsp3) is 0.727. The number of amides is 3. The molecular weight excluding hydrogens is 252 g/mol. The van der Waals surface area contributed by atoms with E-state index in [1.54, 1.807) is 4.90 Å². The van der Waals surface area contributed by atoms with E-state index >= 15 is 0 Å². The standard InChI is InChI=1S/C11H20N4O4/c12-7-9(16)14-8-10(17)13-2-1-11(18)15-3-5-19-6-4-15/h1-8,12H2,(H,13,17)(H,14,16). The van der Waals surface area contributed by atoms with Crippen molar-refractivity contribution in [3.05, 3.63) is 0 Å². The number of carbonyl (C=O) groups excluding carboxylic acids is 3. The van der Waals surface area contributed by atoms with E-state index in [9.17, 15) is 14.4 Å². The zero-order valence-electron chi connectivity index (χ0n) is 10.8. The van der Waals surface area contributed by atoms with Crippen LogP contribution in [0.2, 0.25) is 0 Å². The summed E-state index contributed by atoms with van der Waals surface area (Å²) in [6.45, 7) is 2.29. The van der Waals surface area contributed by atoms with Crippen LogP contribution in [0.1, 0.15) is 6.42 Å². The van der Waals surface area contributed by atoms with Gasteiger partial charge in [0, 0.05) is 26.1 Å². The molecule has 0 bridgehead atoms. The fourth-order valence-corrected chi connectivity index (χ4v) is 1.59. The summed E-state index contributed by atoms with van der Waals surface area (Å²) in [6.07, 6.45) is 0.247. The lowest BCUT2D eigenvalue weighted by atomic mass is 10.3. The Balaban J connectivity index is 2.10. The molecule has 19 heavy (non-hydrogen) atoms. The second-order valence-electron chi connectivity index (χ2n) is 4.07. The number of carbonyl (C=O) groups is 3. The van der Waals surface area contributed by atoms with E-state index in [0.717, 1.165) is 0 Å². The molecule has 0 aliphatic carbocycles. The minimum atomic E-state index is -0.389. The van der Waals surface area contributed by atoms with Gasteiger partial charge in [-0.25, -0.2) is 0 Å². The van der Waals surface area contributed by atoms with E-state index in [1.807, 2.05) is 0 Å². The van der Waals surface area contributed by atoms with Crippen LogP contribution in [0.5, 0.6) is 0 Å². The Hall–Kier alpha value is -1.67. The van der Waals surface area contributed by atoms with Crippen molar-refractivity contribution < 1.29 is 19.1 Å². The molecule has 0 atom stereocenters. The average molecular weight is 272 g/mol. The maximum absolute atomic E-state index is 11.7. The predicted octanol–water partition coefficient (Wildman–Crippen LogP) is -2.57. The second kappa shape index (κ2) is 8.44. The summed E-state index contributed by atoms with van der Waals surface area (Å²) < 4.78 is 5.14. The monoisotopic (exact) mass is 272 g/mol. The molecule has 0 saturated carbocycles. The highest BCUT2D eigenvalue weighted by Crippen LogP contribution is 1.99. The van der Waals surface area contributed by atoms with Crippen molar-refractivity contribution in [3.8, 4) is 0 Å². The van der Waals surface area contributed by atoms with Crippen LogP contribution in [0.15, 0.2) is 0 Å². The Morgan fingerprint density at radius 3 is 2.42 bits per heavy atom. The largest absolute Gasteiger partial charge is 0.378 e. The lowest BCUT2D eigenvalue weighted by Gasteiger charge is -2.26. The van der Waals surface area contributed by atoms with Crippen molar-refractivity contribution in [1.29, 1.82) is 0 Å². The molecule has 0 aromatic heterocycles. The molecular formula is C11H20N4O4. The van der Waals surface area contributed by atoms with Crippen LogP contribution in [0, 0.1) is 0 Å². The number of morpholine rings is 1. The summed E-state index contributed by atoms with van der Waals surface area (Å²) in [7, 11) is 0. The van der Waals surface area contributed by atoms with Crippen LogP contribution in [-0.2, 0) is 19.1 Å². The summed E-state index contributed by atoms with van der Waals surface area (Å²) in [5, 5.41) is 4.90. The SMILES string of the molecule is NCC(=O)NCC(=O)NCCC(=O)N1CCOCC1. The molecule has 0 radical (unpaired) electrons. The van der Waals surface area contributed by atoms with Gasteiger partial charge in [0.2, 0.25) is 17.7 Å². The van der Waals surface area contributed by atoms with E-state index in [-0.39, 0.29) is 43.8 Å². The summed E-state index contributed by atoms with van der Waals surface area (Å²) in [5.41, 5.74) is 5.08. The van der Waals surface area contributed by atoms with Gasteiger partial charge in [-0.05, 0) is 0 Å². The van der Waals surface area contributed by atoms with Gasteiger partial charge in [0.25, 0.3) is 0 Å². The lowest BCUT2D eigenvalue weighted by molar-refractivity contribution is -0.135. The maximum atomic E-state index is 11.7. The molecule has 1 rings (SSSR count). The highest BCUT2D eigenvalue weighted by Gasteiger charge is 2.16. The number of nitrogens with two attached hydrogens (primary N) is 1. The number of rotatable bonds is 6. The zero-order valence-corrected chi connectivity index (χ0v) is 10.8. The predicted molar refractivity (Wildman–Crippen MR) is 67.1 cm³/mol. The molecule has 0 aromatic carbocycles. The highest BCUT2D eigenvalue weighted by atomic mass is 16.5. The van der Waals surface area contributed by atoms with Crippen molar-refractivity contribution >= 4 is 17.7 Å². The molecule has 0 spiro atoms. The van der Waals surface area contributed by atoms with Crippen molar-refractivity contribution in [3.63, 3.8) is 0 Å². The first-order valence-electron chi connectivity index (χ1n) is 6.22. The van der Waals surface area contributed by atoms with E-state index in [0.29, 0.717) is 26.3 Å². The molecule has 3 amide bonds. The fourth-order valence-electron chi connectivity index (χ4n) is 1.59. The van der Waals surface area contributed by atoms with Gasteiger partial charge in [-0.1, -0.05) is 0 Å². The molecule has 0 aromatic rings. The molecule has 1 aliphatic heterocycles. The van der Waals surface area contributed by atoms with Crippen molar-refractivity contribution in [2.45, 2.75) is 6.42 Å². The van der Waals surface area contributed by atoms with Crippen molar-refractivity contribution in [2.24, 2.45) is 5.73 Å². The van der Waals surface area contributed by atoms with Gasteiger partial charge < -0.3 is 26.0 Å². The maximum Gasteiger partial charge on any atom is 0.239 e. The molecule has 1 fully saturated rings. The molecule has 8 heteroatoms. The Morgan fingerprint density at radius 1 is 1.11 bits per heavy atom. The van der Waals surface area contributed by atoms with E-state index in [2.05, 4.69) is 10.6 Å². The Kier molecular flexibility index (Phi) is 6.83. The van der Waals surface area contributed by atoms with Crippen LogP contribution in [0.25, 0.3) is 0 Å². The molecule has 8 nitrogen and oxygen atoms in total. The van der Waals surface area contributed by atoms with Crippen LogP contribution in [0.3, 0.4) is 0 Å². The number of nitrogens with one attached hydrogen (secondary N) is 2. The molecule has 108 valence electrons. The van der Waals surface area contributed by atoms with Gasteiger partial charge in [0.15, 0.2) is 0 Å². The average Bonchev–Trinajstić information content (AvgIpc) is 2.45. The van der Waals surface area contributed by atoms with Gasteiger partial charge in [-0.2, -0.15) is 0 Å². The molecule has 4 N–H and O–H groups in total. The number of hydrogen-bond donors (Lipinski definition) is 3. The number of hydrogen-bond acceptors (Lipinski definition) is 5. The first-order chi connectivity index (χ1) is 9.13. The minimum Gasteiger partial charge on any atom is -0.378 e. The zero-order chi connectivity index (χ0) is 14.1. The van der Waals surface area contributed by atoms with Crippen LogP contribution < -0.4 is 16.4 Å². The van der Waals surface area contributed by atoms with Gasteiger partial charge in [0.1, 0.15) is 0 Å². The van der Waals surface area contributed by atoms with Crippen LogP contribution in [-0.4, -0.2) is 68.6 Å².